The van der Waals surface area contributed by atoms with Gasteiger partial charge in [0.1, 0.15) is 11.2 Å². The molecule has 0 saturated carbocycles. The van der Waals surface area contributed by atoms with E-state index in [-0.39, 0.29) is 0 Å². The van der Waals surface area contributed by atoms with Gasteiger partial charge < -0.3 is 13.9 Å². The Morgan fingerprint density at radius 1 is 0.356 bits per heavy atom. The lowest BCUT2D eigenvalue weighted by molar-refractivity contribution is 0.672. The van der Waals surface area contributed by atoms with Crippen LogP contribution in [0.1, 0.15) is 0 Å². The molecule has 12 aromatic rings. The minimum atomic E-state index is 0.864. The molecule has 0 spiro atoms. The number of hydrogen-bond donors (Lipinski definition) is 0. The Morgan fingerprint density at radius 2 is 0.966 bits per heavy atom. The minimum absolute atomic E-state index is 0.864. The SMILES string of the molecule is c1cc(-c2ccc3ccccc3c2)cc(N(c2ccc(-c3cccc(-n4c5ccccc5c5ccccc54)c3)cc2)c2cccc3oc4c5ccccc5ccc4c23)c1. The van der Waals surface area contributed by atoms with Gasteiger partial charge in [-0.15, -0.1) is 0 Å². The average Bonchev–Trinajstić information content (AvgIpc) is 3.86. The number of aromatic nitrogens is 1. The number of para-hydroxylation sites is 2. The first kappa shape index (κ1) is 33.3. The predicted octanol–water partition coefficient (Wildman–Crippen LogP) is 15.8. The third-order valence-corrected chi connectivity index (χ3v) is 11.9. The zero-order chi connectivity index (χ0) is 38.9. The molecule has 2 heterocycles. The number of fused-ring (bicyclic) bond motifs is 9. The van der Waals surface area contributed by atoms with Crippen molar-refractivity contribution in [1.29, 1.82) is 0 Å². The average molecular weight is 753 g/mol. The molecule has 0 atom stereocenters. The highest BCUT2D eigenvalue weighted by molar-refractivity contribution is 6.19. The molecule has 10 aromatic carbocycles. The number of rotatable bonds is 6. The number of furan rings is 1. The van der Waals surface area contributed by atoms with Crippen molar-refractivity contribution in [2.45, 2.75) is 0 Å². The van der Waals surface area contributed by atoms with Crippen LogP contribution < -0.4 is 4.90 Å². The Morgan fingerprint density at radius 3 is 1.76 bits per heavy atom. The molecule has 3 heteroatoms. The van der Waals surface area contributed by atoms with E-state index in [0.717, 1.165) is 66.8 Å². The van der Waals surface area contributed by atoms with E-state index >= 15 is 0 Å². The van der Waals surface area contributed by atoms with E-state index in [1.54, 1.807) is 0 Å². The highest BCUT2D eigenvalue weighted by Gasteiger charge is 2.21. The maximum absolute atomic E-state index is 6.71. The van der Waals surface area contributed by atoms with Crippen molar-refractivity contribution in [1.82, 2.24) is 4.57 Å². The first-order valence-corrected chi connectivity index (χ1v) is 20.2. The molecule has 12 rings (SSSR count). The van der Waals surface area contributed by atoms with Gasteiger partial charge in [-0.25, -0.2) is 0 Å². The summed E-state index contributed by atoms with van der Waals surface area (Å²) in [4.78, 5) is 2.38. The van der Waals surface area contributed by atoms with Gasteiger partial charge in [0.25, 0.3) is 0 Å². The number of nitrogens with zero attached hydrogens (tertiary/aromatic N) is 2. The van der Waals surface area contributed by atoms with Crippen LogP contribution in [-0.2, 0) is 0 Å². The highest BCUT2D eigenvalue weighted by Crippen LogP contribution is 2.45. The first-order valence-electron chi connectivity index (χ1n) is 20.2. The fraction of sp³-hybridized carbons (Fsp3) is 0. The lowest BCUT2D eigenvalue weighted by atomic mass is 9.99. The summed E-state index contributed by atoms with van der Waals surface area (Å²) in [5.41, 5.74) is 13.2. The van der Waals surface area contributed by atoms with Crippen molar-refractivity contribution in [3.63, 3.8) is 0 Å². The first-order chi connectivity index (χ1) is 29.2. The van der Waals surface area contributed by atoms with Gasteiger partial charge in [-0.3, -0.25) is 0 Å². The molecule has 59 heavy (non-hydrogen) atoms. The molecule has 0 amide bonds. The van der Waals surface area contributed by atoms with Gasteiger partial charge in [0.2, 0.25) is 0 Å². The zero-order valence-electron chi connectivity index (χ0n) is 32.1. The number of anilines is 3. The highest BCUT2D eigenvalue weighted by atomic mass is 16.3. The maximum atomic E-state index is 6.71. The summed E-state index contributed by atoms with van der Waals surface area (Å²) in [5, 5.41) is 9.46. The van der Waals surface area contributed by atoms with Crippen LogP contribution >= 0.6 is 0 Å². The molecular weight excluding hydrogens is 717 g/mol. The van der Waals surface area contributed by atoms with Gasteiger partial charge in [-0.2, -0.15) is 0 Å². The van der Waals surface area contributed by atoms with Crippen LogP contribution in [0.5, 0.6) is 0 Å². The number of benzene rings is 10. The predicted molar refractivity (Wildman–Crippen MR) is 249 cm³/mol. The zero-order valence-corrected chi connectivity index (χ0v) is 32.1. The molecule has 0 radical (unpaired) electrons. The van der Waals surface area contributed by atoms with Crippen molar-refractivity contribution in [2.75, 3.05) is 4.90 Å². The molecule has 0 saturated heterocycles. The van der Waals surface area contributed by atoms with Crippen LogP contribution in [-0.4, -0.2) is 4.57 Å². The third-order valence-electron chi connectivity index (χ3n) is 11.9. The van der Waals surface area contributed by atoms with Gasteiger partial charge in [0.15, 0.2) is 0 Å². The van der Waals surface area contributed by atoms with E-state index in [1.807, 2.05) is 0 Å². The topological polar surface area (TPSA) is 21.3 Å². The second-order valence-corrected chi connectivity index (χ2v) is 15.3. The van der Waals surface area contributed by atoms with Gasteiger partial charge in [-0.1, -0.05) is 146 Å². The second kappa shape index (κ2) is 13.4. The molecule has 0 aliphatic heterocycles. The molecular formula is C56H36N2O. The lowest BCUT2D eigenvalue weighted by Gasteiger charge is -2.27. The molecule has 0 aliphatic rings. The summed E-state index contributed by atoms with van der Waals surface area (Å²) >= 11 is 0. The Balaban J connectivity index is 1.01. The van der Waals surface area contributed by atoms with Crippen molar-refractivity contribution >= 4 is 82.4 Å². The van der Waals surface area contributed by atoms with Crippen LogP contribution in [0, 0.1) is 0 Å². The van der Waals surface area contributed by atoms with E-state index in [9.17, 15) is 0 Å². The van der Waals surface area contributed by atoms with E-state index in [2.05, 4.69) is 228 Å². The van der Waals surface area contributed by atoms with E-state index in [1.165, 1.54) is 43.5 Å². The Kier molecular flexibility index (Phi) is 7.54. The van der Waals surface area contributed by atoms with Gasteiger partial charge in [0, 0.05) is 38.6 Å². The molecule has 2 aromatic heterocycles. The standard InChI is InChI=1S/C56H36N2O/c1-2-14-40-34-43(27-26-37(40)12-1)42-16-10-17-45(36-42)57(53-24-11-25-54-55(53)50-33-30-39-13-3-4-19-47(39)56(50)59-54)44-31-28-38(29-32-44)41-15-9-18-46(35-41)58-51-22-7-5-20-48(51)49-21-6-8-23-52(49)58/h1-36H. The van der Waals surface area contributed by atoms with E-state index < -0.39 is 0 Å². The quantitative estimate of drug-likeness (QED) is 0.169. The largest absolute Gasteiger partial charge is 0.455 e. The van der Waals surface area contributed by atoms with Crippen LogP contribution in [0.25, 0.3) is 93.2 Å². The van der Waals surface area contributed by atoms with Crippen LogP contribution in [0.2, 0.25) is 0 Å². The van der Waals surface area contributed by atoms with Crippen molar-refractivity contribution in [2.24, 2.45) is 0 Å². The number of hydrogen-bond acceptors (Lipinski definition) is 2. The van der Waals surface area contributed by atoms with Crippen molar-refractivity contribution in [3.05, 3.63) is 218 Å². The van der Waals surface area contributed by atoms with Gasteiger partial charge in [0.05, 0.1) is 22.1 Å². The summed E-state index contributed by atoms with van der Waals surface area (Å²) in [6, 6.07) is 78.7. The fourth-order valence-corrected chi connectivity index (χ4v) is 9.17. The van der Waals surface area contributed by atoms with Gasteiger partial charge >= 0.3 is 0 Å². The Labute approximate surface area is 341 Å². The van der Waals surface area contributed by atoms with E-state index in [4.69, 9.17) is 4.42 Å². The molecule has 0 N–H and O–H groups in total. The monoisotopic (exact) mass is 752 g/mol. The minimum Gasteiger partial charge on any atom is -0.455 e. The summed E-state index contributed by atoms with van der Waals surface area (Å²) in [7, 11) is 0. The second-order valence-electron chi connectivity index (χ2n) is 15.3. The summed E-state index contributed by atoms with van der Waals surface area (Å²) in [6.45, 7) is 0. The van der Waals surface area contributed by atoms with Gasteiger partial charge in [-0.05, 0) is 111 Å². The molecule has 0 aliphatic carbocycles. The molecule has 0 unspecified atom stereocenters. The Hall–Kier alpha value is -7.88. The van der Waals surface area contributed by atoms with Crippen LogP contribution in [0.15, 0.2) is 223 Å². The normalized spacial score (nSPS) is 11.7. The van der Waals surface area contributed by atoms with Crippen LogP contribution in [0.4, 0.5) is 17.1 Å². The maximum Gasteiger partial charge on any atom is 0.143 e. The third kappa shape index (κ3) is 5.44. The molecule has 0 bridgehead atoms. The summed E-state index contributed by atoms with van der Waals surface area (Å²) < 4.78 is 9.09. The lowest BCUT2D eigenvalue weighted by Crippen LogP contribution is -2.10. The van der Waals surface area contributed by atoms with Crippen molar-refractivity contribution < 1.29 is 4.42 Å². The van der Waals surface area contributed by atoms with Crippen molar-refractivity contribution in [3.8, 4) is 27.9 Å². The van der Waals surface area contributed by atoms with E-state index in [0.29, 0.717) is 0 Å². The van der Waals surface area contributed by atoms with Crippen LogP contribution in [0.3, 0.4) is 0 Å². The smallest absolute Gasteiger partial charge is 0.143 e. The summed E-state index contributed by atoms with van der Waals surface area (Å²) in [5.74, 6) is 0. The molecule has 276 valence electrons. The fourth-order valence-electron chi connectivity index (χ4n) is 9.17. The summed E-state index contributed by atoms with van der Waals surface area (Å²) in [6.07, 6.45) is 0. The molecule has 3 nitrogen and oxygen atoms in total. The molecule has 0 fully saturated rings. The Bertz CT molecular complexity index is 3520.